The Morgan fingerprint density at radius 2 is 2.18 bits per heavy atom. The van der Waals surface area contributed by atoms with E-state index in [0.717, 1.165) is 25.5 Å². The fraction of sp³-hybridized carbons (Fsp3) is 0.625. The summed E-state index contributed by atoms with van der Waals surface area (Å²) in [5.74, 6) is 0.450. The summed E-state index contributed by atoms with van der Waals surface area (Å²) >= 11 is 5.45. The van der Waals surface area contributed by atoms with Gasteiger partial charge in [0.1, 0.15) is 0 Å². The van der Waals surface area contributed by atoms with Gasteiger partial charge in [0.25, 0.3) is 0 Å². The van der Waals surface area contributed by atoms with E-state index in [9.17, 15) is 4.79 Å². The smallest absolute Gasteiger partial charge is 0.310 e. The molecule has 0 saturated carbocycles. The average molecular weight is 177 g/mol. The van der Waals surface area contributed by atoms with Gasteiger partial charge in [-0.2, -0.15) is 0 Å². The summed E-state index contributed by atoms with van der Waals surface area (Å²) in [5, 5.41) is 0. The summed E-state index contributed by atoms with van der Waals surface area (Å²) in [6, 6.07) is 0. The van der Waals surface area contributed by atoms with Gasteiger partial charge in [0, 0.05) is 12.3 Å². The molecule has 0 aromatic carbocycles. The van der Waals surface area contributed by atoms with Crippen molar-refractivity contribution < 1.29 is 9.53 Å². The second-order valence-electron chi connectivity index (χ2n) is 2.16. The minimum atomic E-state index is -0.213. The highest BCUT2D eigenvalue weighted by atomic mass is 35.5. The number of rotatable bonds is 6. The lowest BCUT2D eigenvalue weighted by atomic mass is 10.2. The Hall–Kier alpha value is -0.500. The molecule has 0 fully saturated rings. The number of unbranched alkanes of at least 4 members (excludes halogenated alkanes) is 2. The van der Waals surface area contributed by atoms with Crippen LogP contribution in [0.3, 0.4) is 0 Å². The average Bonchev–Trinajstić information content (AvgIpc) is 1.99. The molecule has 0 amide bonds. The number of hydrogen-bond donors (Lipinski definition) is 0. The monoisotopic (exact) mass is 176 g/mol. The molecule has 11 heavy (non-hydrogen) atoms. The predicted molar refractivity (Wildman–Crippen MR) is 45.5 cm³/mol. The lowest BCUT2D eigenvalue weighted by molar-refractivity contribution is -0.138. The molecule has 0 aliphatic rings. The van der Waals surface area contributed by atoms with Crippen LogP contribution >= 0.6 is 11.6 Å². The van der Waals surface area contributed by atoms with E-state index in [-0.39, 0.29) is 5.97 Å². The van der Waals surface area contributed by atoms with Crippen molar-refractivity contribution >= 4 is 17.6 Å². The van der Waals surface area contributed by atoms with E-state index in [2.05, 4.69) is 11.3 Å². The van der Waals surface area contributed by atoms with Gasteiger partial charge in [-0.15, -0.1) is 11.6 Å². The van der Waals surface area contributed by atoms with Crippen molar-refractivity contribution in [3.05, 3.63) is 12.8 Å². The van der Waals surface area contributed by atoms with Crippen molar-refractivity contribution in [3.63, 3.8) is 0 Å². The van der Waals surface area contributed by atoms with E-state index in [0.29, 0.717) is 12.3 Å². The quantitative estimate of drug-likeness (QED) is 0.269. The first-order valence-corrected chi connectivity index (χ1v) is 4.21. The van der Waals surface area contributed by atoms with Crippen LogP contribution in [0.15, 0.2) is 12.8 Å². The Labute approximate surface area is 72.2 Å². The largest absolute Gasteiger partial charge is 0.435 e. The number of ether oxygens (including phenoxy) is 1. The molecular weight excluding hydrogens is 164 g/mol. The molecule has 0 heterocycles. The molecule has 2 nitrogen and oxygen atoms in total. The summed E-state index contributed by atoms with van der Waals surface area (Å²) < 4.78 is 4.51. The SMILES string of the molecule is C=COC(=O)CCCCCCl. The third kappa shape index (κ3) is 7.40. The number of hydrogen-bond acceptors (Lipinski definition) is 2. The molecule has 0 atom stereocenters. The Bertz CT molecular complexity index is 123. The molecule has 0 bridgehead atoms. The standard InChI is InChI=1S/C8H13ClO2/c1-2-11-8(10)6-4-3-5-7-9/h2H,1,3-7H2. The highest BCUT2D eigenvalue weighted by molar-refractivity contribution is 6.17. The van der Waals surface area contributed by atoms with Gasteiger partial charge in [0.05, 0.1) is 6.26 Å². The topological polar surface area (TPSA) is 26.3 Å². The summed E-state index contributed by atoms with van der Waals surface area (Å²) in [4.78, 5) is 10.7. The van der Waals surface area contributed by atoms with Crippen molar-refractivity contribution in [1.29, 1.82) is 0 Å². The molecule has 0 spiro atoms. The first-order valence-electron chi connectivity index (χ1n) is 3.67. The van der Waals surface area contributed by atoms with Crippen molar-refractivity contribution in [2.24, 2.45) is 0 Å². The Morgan fingerprint density at radius 1 is 1.45 bits per heavy atom. The lowest BCUT2D eigenvalue weighted by Crippen LogP contribution is -1.98. The second kappa shape index (κ2) is 7.61. The van der Waals surface area contributed by atoms with Gasteiger partial charge >= 0.3 is 5.97 Å². The Morgan fingerprint density at radius 3 is 2.73 bits per heavy atom. The van der Waals surface area contributed by atoms with E-state index in [4.69, 9.17) is 11.6 Å². The van der Waals surface area contributed by atoms with Gasteiger partial charge in [0.15, 0.2) is 0 Å². The molecule has 3 heteroatoms. The van der Waals surface area contributed by atoms with E-state index in [1.165, 1.54) is 0 Å². The number of carbonyl (C=O) groups excluding carboxylic acids is 1. The molecule has 0 aromatic rings. The van der Waals surface area contributed by atoms with Crippen molar-refractivity contribution in [1.82, 2.24) is 0 Å². The van der Waals surface area contributed by atoms with Crippen LogP contribution < -0.4 is 0 Å². The Kier molecular flexibility index (Phi) is 7.26. The molecule has 0 aliphatic carbocycles. The van der Waals surface area contributed by atoms with Gasteiger partial charge in [-0.25, -0.2) is 0 Å². The first kappa shape index (κ1) is 10.5. The van der Waals surface area contributed by atoms with Crippen molar-refractivity contribution in [2.75, 3.05) is 5.88 Å². The maximum absolute atomic E-state index is 10.7. The first-order chi connectivity index (χ1) is 5.31. The van der Waals surface area contributed by atoms with Gasteiger partial charge in [0.2, 0.25) is 0 Å². The van der Waals surface area contributed by atoms with Crippen molar-refractivity contribution in [3.8, 4) is 0 Å². The zero-order valence-electron chi connectivity index (χ0n) is 6.51. The molecule has 64 valence electrons. The van der Waals surface area contributed by atoms with Gasteiger partial charge in [-0.1, -0.05) is 13.0 Å². The van der Waals surface area contributed by atoms with Crippen molar-refractivity contribution in [2.45, 2.75) is 25.7 Å². The predicted octanol–water partition coefficient (Wildman–Crippen LogP) is 2.47. The molecule has 0 aliphatic heterocycles. The highest BCUT2D eigenvalue weighted by Gasteiger charge is 1.98. The highest BCUT2D eigenvalue weighted by Crippen LogP contribution is 2.02. The van der Waals surface area contributed by atoms with Crippen LogP contribution in [0, 0.1) is 0 Å². The van der Waals surface area contributed by atoms with Crippen LogP contribution in [0.25, 0.3) is 0 Å². The summed E-state index contributed by atoms with van der Waals surface area (Å²) in [6.07, 6.45) is 4.41. The molecule has 0 unspecified atom stereocenters. The Balaban J connectivity index is 3.10. The van der Waals surface area contributed by atoms with Crippen LogP contribution in [0.2, 0.25) is 0 Å². The van der Waals surface area contributed by atoms with E-state index in [1.807, 2.05) is 0 Å². The van der Waals surface area contributed by atoms with Crippen LogP contribution in [0.1, 0.15) is 25.7 Å². The van der Waals surface area contributed by atoms with Gasteiger partial charge in [-0.3, -0.25) is 4.79 Å². The summed E-state index contributed by atoms with van der Waals surface area (Å²) in [6.45, 7) is 3.28. The number of halogens is 1. The zero-order chi connectivity index (χ0) is 8.53. The summed E-state index contributed by atoms with van der Waals surface area (Å²) in [7, 11) is 0. The number of carbonyl (C=O) groups is 1. The molecule has 0 radical (unpaired) electrons. The zero-order valence-corrected chi connectivity index (χ0v) is 7.27. The van der Waals surface area contributed by atoms with Gasteiger partial charge in [-0.05, 0) is 12.8 Å². The van der Waals surface area contributed by atoms with Crippen LogP contribution in [0.5, 0.6) is 0 Å². The minimum Gasteiger partial charge on any atom is -0.435 e. The van der Waals surface area contributed by atoms with E-state index >= 15 is 0 Å². The maximum Gasteiger partial charge on any atom is 0.310 e. The lowest BCUT2D eigenvalue weighted by Gasteiger charge is -1.97. The van der Waals surface area contributed by atoms with Crippen LogP contribution in [-0.2, 0) is 9.53 Å². The third-order valence-corrected chi connectivity index (χ3v) is 1.50. The van der Waals surface area contributed by atoms with E-state index < -0.39 is 0 Å². The second-order valence-corrected chi connectivity index (χ2v) is 2.53. The molecule has 0 N–H and O–H groups in total. The number of esters is 1. The van der Waals surface area contributed by atoms with Gasteiger partial charge < -0.3 is 4.74 Å². The maximum atomic E-state index is 10.7. The molecule has 0 saturated heterocycles. The van der Waals surface area contributed by atoms with E-state index in [1.54, 1.807) is 0 Å². The summed E-state index contributed by atoms with van der Waals surface area (Å²) in [5.41, 5.74) is 0. The fourth-order valence-electron chi connectivity index (χ4n) is 0.692. The normalized spacial score (nSPS) is 9.18. The minimum absolute atomic E-state index is 0.213. The number of alkyl halides is 1. The molecule has 0 rings (SSSR count). The fourth-order valence-corrected chi connectivity index (χ4v) is 0.881. The molecule has 0 aromatic heterocycles. The molecular formula is C8H13ClO2. The third-order valence-electron chi connectivity index (χ3n) is 1.23. The van der Waals surface area contributed by atoms with Crippen LogP contribution in [-0.4, -0.2) is 11.8 Å². The van der Waals surface area contributed by atoms with Crippen LogP contribution in [0.4, 0.5) is 0 Å².